The summed E-state index contributed by atoms with van der Waals surface area (Å²) in [6, 6.07) is 15.3. The van der Waals surface area contributed by atoms with E-state index in [2.05, 4.69) is 5.92 Å². The van der Waals surface area contributed by atoms with Crippen molar-refractivity contribution in [2.75, 3.05) is 18.0 Å². The van der Waals surface area contributed by atoms with Crippen LogP contribution in [0.3, 0.4) is 0 Å². The van der Waals surface area contributed by atoms with E-state index in [0.29, 0.717) is 24.3 Å². The van der Waals surface area contributed by atoms with Crippen LogP contribution in [0, 0.1) is 35.4 Å². The van der Waals surface area contributed by atoms with Crippen LogP contribution in [0.1, 0.15) is 11.1 Å². The second kappa shape index (κ2) is 7.26. The maximum atomic E-state index is 13.2. The predicted molar refractivity (Wildman–Crippen MR) is 108 cm³/mol. The summed E-state index contributed by atoms with van der Waals surface area (Å²) in [5.74, 6) is 1.22. The monoisotopic (exact) mass is 385 g/mol. The minimum Gasteiger partial charge on any atom is -0.368 e. The fourth-order valence-corrected chi connectivity index (χ4v) is 3.69. The number of anilines is 1. The molecule has 2 aromatic carbocycles. The summed E-state index contributed by atoms with van der Waals surface area (Å²) >= 11 is 0. The highest BCUT2D eigenvalue weighted by atomic mass is 19.1. The average molecular weight is 385 g/mol. The molecule has 1 saturated heterocycles. The number of terminal acetylenes is 1. The fraction of sp³-hybridized carbons (Fsp3) is 0.174. The Kier molecular flexibility index (Phi) is 4.62. The van der Waals surface area contributed by atoms with E-state index in [1.807, 2.05) is 35.2 Å². The number of hydrogen-bond donors (Lipinski definition) is 0. The van der Waals surface area contributed by atoms with Crippen LogP contribution in [0.25, 0.3) is 10.9 Å². The molecule has 0 radical (unpaired) electrons. The van der Waals surface area contributed by atoms with Crippen LogP contribution in [-0.4, -0.2) is 23.4 Å². The minimum absolute atomic E-state index is 0.0254. The van der Waals surface area contributed by atoms with Crippen molar-refractivity contribution in [3.63, 3.8) is 0 Å². The molecule has 0 atom stereocenters. The molecule has 1 aliphatic rings. The van der Waals surface area contributed by atoms with Gasteiger partial charge in [0.1, 0.15) is 17.4 Å². The number of fused-ring (bicyclic) bond motifs is 1. The van der Waals surface area contributed by atoms with Gasteiger partial charge >= 0.3 is 0 Å². The van der Waals surface area contributed by atoms with Crippen molar-refractivity contribution in [3.8, 4) is 18.4 Å². The number of pyridine rings is 1. The maximum absolute atomic E-state index is 13.2. The standard InChI is InChI=1S/C23H16FN3O2/c1-2-21(28)16-13-26(14-16)22-18-5-3-4-6-20(18)27(23(29)19(22)11-25)12-15-7-9-17(24)10-8-15/h1,3-10,16H,12-14H2. The molecule has 0 N–H and O–H groups in total. The zero-order valence-electron chi connectivity index (χ0n) is 15.4. The number of aromatic nitrogens is 1. The van der Waals surface area contributed by atoms with Gasteiger partial charge in [-0.3, -0.25) is 9.59 Å². The van der Waals surface area contributed by atoms with Gasteiger partial charge < -0.3 is 9.47 Å². The zero-order valence-corrected chi connectivity index (χ0v) is 15.4. The molecule has 29 heavy (non-hydrogen) atoms. The lowest BCUT2D eigenvalue weighted by molar-refractivity contribution is -0.118. The zero-order chi connectivity index (χ0) is 20.5. The number of hydrogen-bond acceptors (Lipinski definition) is 4. The predicted octanol–water partition coefficient (Wildman–Crippen LogP) is 2.70. The Morgan fingerprint density at radius 2 is 1.86 bits per heavy atom. The Labute approximate surface area is 166 Å². The topological polar surface area (TPSA) is 66.1 Å². The number of halogens is 1. The molecule has 1 aliphatic heterocycles. The Morgan fingerprint density at radius 3 is 2.52 bits per heavy atom. The van der Waals surface area contributed by atoms with E-state index >= 15 is 0 Å². The largest absolute Gasteiger partial charge is 0.368 e. The second-order valence-electron chi connectivity index (χ2n) is 6.98. The van der Waals surface area contributed by atoms with Crippen molar-refractivity contribution in [2.24, 2.45) is 5.92 Å². The molecule has 6 heteroatoms. The Balaban J connectivity index is 1.84. The van der Waals surface area contributed by atoms with Gasteiger partial charge in [0.05, 0.1) is 23.7 Å². The summed E-state index contributed by atoms with van der Waals surface area (Å²) in [6.45, 7) is 0.971. The van der Waals surface area contributed by atoms with Crippen molar-refractivity contribution < 1.29 is 9.18 Å². The number of nitrogens with zero attached hydrogens (tertiary/aromatic N) is 3. The number of nitriles is 1. The van der Waals surface area contributed by atoms with E-state index in [-0.39, 0.29) is 29.6 Å². The van der Waals surface area contributed by atoms with E-state index in [9.17, 15) is 19.2 Å². The Morgan fingerprint density at radius 1 is 1.17 bits per heavy atom. The number of para-hydroxylation sites is 1. The molecule has 3 aromatic rings. The molecular weight excluding hydrogens is 369 g/mol. The summed E-state index contributed by atoms with van der Waals surface area (Å²) in [7, 11) is 0. The molecule has 2 heterocycles. The molecule has 0 spiro atoms. The molecule has 0 saturated carbocycles. The molecule has 0 bridgehead atoms. The van der Waals surface area contributed by atoms with Gasteiger partial charge in [-0.15, -0.1) is 6.42 Å². The first-order valence-corrected chi connectivity index (χ1v) is 9.09. The number of rotatable bonds is 4. The van der Waals surface area contributed by atoms with Gasteiger partial charge in [-0.25, -0.2) is 4.39 Å². The molecule has 5 nitrogen and oxygen atoms in total. The highest BCUT2D eigenvalue weighted by molar-refractivity contribution is 6.00. The van der Waals surface area contributed by atoms with Gasteiger partial charge in [0.2, 0.25) is 5.78 Å². The lowest BCUT2D eigenvalue weighted by Gasteiger charge is -2.40. The summed E-state index contributed by atoms with van der Waals surface area (Å²) in [5, 5.41) is 10.5. The highest BCUT2D eigenvalue weighted by Crippen LogP contribution is 2.33. The first-order chi connectivity index (χ1) is 14.0. The molecule has 142 valence electrons. The van der Waals surface area contributed by atoms with Gasteiger partial charge in [0.25, 0.3) is 5.56 Å². The smallest absolute Gasteiger partial charge is 0.271 e. The van der Waals surface area contributed by atoms with Crippen LogP contribution in [-0.2, 0) is 11.3 Å². The van der Waals surface area contributed by atoms with Gasteiger partial charge in [-0.2, -0.15) is 5.26 Å². The maximum Gasteiger partial charge on any atom is 0.271 e. The lowest BCUT2D eigenvalue weighted by Crippen LogP contribution is -2.51. The molecule has 1 aromatic heterocycles. The highest BCUT2D eigenvalue weighted by Gasteiger charge is 2.35. The van der Waals surface area contributed by atoms with Crippen LogP contribution in [0.5, 0.6) is 0 Å². The fourth-order valence-electron chi connectivity index (χ4n) is 3.69. The van der Waals surface area contributed by atoms with E-state index in [1.54, 1.807) is 12.1 Å². The van der Waals surface area contributed by atoms with Crippen LogP contribution < -0.4 is 10.5 Å². The van der Waals surface area contributed by atoms with Crippen LogP contribution in [0.2, 0.25) is 0 Å². The van der Waals surface area contributed by atoms with E-state index < -0.39 is 5.56 Å². The third-order valence-electron chi connectivity index (χ3n) is 5.22. The normalized spacial score (nSPS) is 13.6. The second-order valence-corrected chi connectivity index (χ2v) is 6.98. The molecule has 0 aliphatic carbocycles. The van der Waals surface area contributed by atoms with Crippen molar-refractivity contribution in [2.45, 2.75) is 6.54 Å². The van der Waals surface area contributed by atoms with Gasteiger partial charge in [-0.1, -0.05) is 30.3 Å². The first kappa shape index (κ1) is 18.5. The van der Waals surface area contributed by atoms with Crippen molar-refractivity contribution in [1.82, 2.24) is 4.57 Å². The number of Topliss-reactive ketones (excluding diaryl/α,β-unsaturated/α-hetero) is 1. The number of carbonyl (C=O) groups is 1. The number of ketones is 1. The van der Waals surface area contributed by atoms with Crippen molar-refractivity contribution in [1.29, 1.82) is 5.26 Å². The molecule has 4 rings (SSSR count). The number of benzene rings is 2. The number of carbonyl (C=O) groups excluding carboxylic acids is 1. The van der Waals surface area contributed by atoms with Crippen LogP contribution in [0.15, 0.2) is 53.3 Å². The van der Waals surface area contributed by atoms with Crippen LogP contribution in [0.4, 0.5) is 10.1 Å². The van der Waals surface area contributed by atoms with Gasteiger partial charge in [0.15, 0.2) is 0 Å². The molecule has 0 unspecified atom stereocenters. The Hall–Kier alpha value is -3.90. The molecular formula is C23H16FN3O2. The van der Waals surface area contributed by atoms with Crippen molar-refractivity contribution in [3.05, 3.63) is 75.8 Å². The van der Waals surface area contributed by atoms with Gasteiger partial charge in [0, 0.05) is 18.5 Å². The average Bonchev–Trinajstić information content (AvgIpc) is 2.71. The van der Waals surface area contributed by atoms with E-state index in [4.69, 9.17) is 6.42 Å². The summed E-state index contributed by atoms with van der Waals surface area (Å²) < 4.78 is 14.7. The summed E-state index contributed by atoms with van der Waals surface area (Å²) in [4.78, 5) is 26.7. The third-order valence-corrected chi connectivity index (χ3v) is 5.22. The van der Waals surface area contributed by atoms with Crippen LogP contribution >= 0.6 is 0 Å². The van der Waals surface area contributed by atoms with E-state index in [0.717, 1.165) is 10.9 Å². The van der Waals surface area contributed by atoms with E-state index in [1.165, 1.54) is 16.7 Å². The first-order valence-electron chi connectivity index (χ1n) is 9.09. The SMILES string of the molecule is C#CC(=O)C1CN(c2c(C#N)c(=O)n(Cc3ccc(F)cc3)c3ccccc23)C1. The third kappa shape index (κ3) is 3.15. The molecule has 0 amide bonds. The summed E-state index contributed by atoms with van der Waals surface area (Å²) in [5.41, 5.74) is 1.56. The lowest BCUT2D eigenvalue weighted by atomic mass is 9.93. The van der Waals surface area contributed by atoms with Gasteiger partial charge in [-0.05, 0) is 29.7 Å². The summed E-state index contributed by atoms with van der Waals surface area (Å²) in [6.07, 6.45) is 5.19. The minimum atomic E-state index is -0.419. The quantitative estimate of drug-likeness (QED) is 0.512. The molecule has 1 fully saturated rings. The van der Waals surface area contributed by atoms with Crippen molar-refractivity contribution >= 4 is 22.4 Å². The Bertz CT molecular complexity index is 1260.